The number of hydrogen-bond acceptors (Lipinski definition) is 4. The van der Waals surface area contributed by atoms with E-state index in [-0.39, 0.29) is 22.4 Å². The van der Waals surface area contributed by atoms with Crippen molar-refractivity contribution < 1.29 is 13.3 Å². The van der Waals surface area contributed by atoms with Gasteiger partial charge in [0, 0.05) is 10.6 Å². The van der Waals surface area contributed by atoms with Crippen molar-refractivity contribution in [3.63, 3.8) is 0 Å². The summed E-state index contributed by atoms with van der Waals surface area (Å²) in [5, 5.41) is 4.08. The summed E-state index contributed by atoms with van der Waals surface area (Å²) in [6.07, 6.45) is 0. The summed E-state index contributed by atoms with van der Waals surface area (Å²) in [6.45, 7) is 0.0665. The van der Waals surface area contributed by atoms with E-state index in [0.717, 1.165) is 0 Å². The second kappa shape index (κ2) is 4.24. The van der Waals surface area contributed by atoms with Gasteiger partial charge in [0.2, 0.25) is 14.9 Å². The first-order chi connectivity index (χ1) is 7.50. The maximum absolute atomic E-state index is 11.7. The molecule has 0 saturated heterocycles. The Balaban J connectivity index is 2.56. The maximum atomic E-state index is 11.7. The fraction of sp³-hybridized carbons (Fsp3) is 0.222. The quantitative estimate of drug-likeness (QED) is 0.791. The van der Waals surface area contributed by atoms with E-state index in [4.69, 9.17) is 28.0 Å². The van der Waals surface area contributed by atoms with Crippen LogP contribution in [0.2, 0.25) is 10.0 Å². The van der Waals surface area contributed by atoms with Gasteiger partial charge in [-0.15, -0.1) is 0 Å². The molecule has 0 fully saturated rings. The lowest BCUT2D eigenvalue weighted by atomic mass is 10.2. The van der Waals surface area contributed by atoms with Crippen LogP contribution in [0.5, 0.6) is 0 Å². The lowest BCUT2D eigenvalue weighted by Crippen LogP contribution is -2.26. The molecule has 0 N–H and O–H groups in total. The van der Waals surface area contributed by atoms with Crippen molar-refractivity contribution in [3.8, 4) is 0 Å². The molecule has 0 bridgehead atoms. The highest BCUT2D eigenvalue weighted by Gasteiger charge is 2.27. The van der Waals surface area contributed by atoms with Gasteiger partial charge in [0.1, 0.15) is 6.61 Å². The third-order valence-corrected chi connectivity index (χ3v) is 4.18. The number of benzene rings is 1. The molecule has 0 saturated carbocycles. The fourth-order valence-corrected chi connectivity index (χ4v) is 3.00. The van der Waals surface area contributed by atoms with E-state index in [0.29, 0.717) is 10.6 Å². The van der Waals surface area contributed by atoms with Crippen LogP contribution >= 0.6 is 23.2 Å². The average Bonchev–Trinajstić information content (AvgIpc) is 2.19. The van der Waals surface area contributed by atoms with Gasteiger partial charge in [0.25, 0.3) is 0 Å². The number of rotatable bonds is 1. The molecule has 0 unspecified atom stereocenters. The van der Waals surface area contributed by atoms with Crippen LogP contribution < -0.4 is 0 Å². The molecule has 0 aliphatic carbocycles. The Morgan fingerprint density at radius 2 is 2.06 bits per heavy atom. The number of nitrogens with zero attached hydrogens (tertiary/aromatic N) is 1. The van der Waals surface area contributed by atoms with E-state index in [2.05, 4.69) is 5.16 Å². The van der Waals surface area contributed by atoms with E-state index < -0.39 is 9.84 Å². The van der Waals surface area contributed by atoms with Crippen molar-refractivity contribution in [2.45, 2.75) is 0 Å². The van der Waals surface area contributed by atoms with Crippen LogP contribution in [0, 0.1) is 0 Å². The summed E-state index contributed by atoms with van der Waals surface area (Å²) in [5.74, 6) is -0.0925. The van der Waals surface area contributed by atoms with Crippen LogP contribution in [0.15, 0.2) is 23.4 Å². The largest absolute Gasteiger partial charge is 0.394 e. The third-order valence-electron chi connectivity index (χ3n) is 2.05. The van der Waals surface area contributed by atoms with Crippen molar-refractivity contribution >= 4 is 38.1 Å². The fourth-order valence-electron chi connectivity index (χ4n) is 1.28. The molecule has 0 radical (unpaired) electrons. The molecule has 1 aliphatic heterocycles. The first-order valence-corrected chi connectivity index (χ1v) is 6.80. The van der Waals surface area contributed by atoms with E-state index in [1.807, 2.05) is 0 Å². The summed E-state index contributed by atoms with van der Waals surface area (Å²) in [4.78, 5) is 4.77. The van der Waals surface area contributed by atoms with Gasteiger partial charge in [-0.1, -0.05) is 28.4 Å². The number of sulfone groups is 1. The summed E-state index contributed by atoms with van der Waals surface area (Å²) in [6, 6.07) is 4.52. The van der Waals surface area contributed by atoms with E-state index in [1.54, 1.807) is 6.07 Å². The van der Waals surface area contributed by atoms with Crippen LogP contribution in [-0.4, -0.2) is 25.8 Å². The first kappa shape index (κ1) is 11.7. The Morgan fingerprint density at radius 3 is 2.69 bits per heavy atom. The molecule has 0 aromatic heterocycles. The van der Waals surface area contributed by atoms with Crippen LogP contribution in [0.1, 0.15) is 5.56 Å². The lowest BCUT2D eigenvalue weighted by molar-refractivity contribution is 0.158. The second-order valence-corrected chi connectivity index (χ2v) is 6.04. The highest BCUT2D eigenvalue weighted by molar-refractivity contribution is 8.07. The normalized spacial score (nSPS) is 18.8. The average molecular weight is 280 g/mol. The third kappa shape index (κ3) is 2.16. The van der Waals surface area contributed by atoms with Crippen LogP contribution in [-0.2, 0) is 14.7 Å². The summed E-state index contributed by atoms with van der Waals surface area (Å²) >= 11 is 11.6. The molecule has 1 aromatic rings. The van der Waals surface area contributed by atoms with Gasteiger partial charge in [-0.05, 0) is 18.2 Å². The van der Waals surface area contributed by atoms with Crippen molar-refractivity contribution in [1.82, 2.24) is 0 Å². The van der Waals surface area contributed by atoms with Crippen molar-refractivity contribution in [3.05, 3.63) is 33.8 Å². The highest BCUT2D eigenvalue weighted by Crippen LogP contribution is 2.24. The molecule has 0 spiro atoms. The topological polar surface area (TPSA) is 55.7 Å². The molecule has 1 aliphatic rings. The summed E-state index contributed by atoms with van der Waals surface area (Å²) in [5.41, 5.74) is 0.311. The molecule has 2 rings (SSSR count). The number of oxime groups is 1. The molecular weight excluding hydrogens is 273 g/mol. The minimum atomic E-state index is -3.41. The molecule has 0 amide bonds. The van der Waals surface area contributed by atoms with Crippen molar-refractivity contribution in [1.29, 1.82) is 0 Å². The predicted octanol–water partition coefficient (Wildman–Crippen LogP) is 2.10. The van der Waals surface area contributed by atoms with Gasteiger partial charge in [0.05, 0.1) is 10.8 Å². The van der Waals surface area contributed by atoms with Gasteiger partial charge in [-0.25, -0.2) is 8.42 Å². The molecule has 1 aromatic carbocycles. The van der Waals surface area contributed by atoms with Gasteiger partial charge in [-0.3, -0.25) is 0 Å². The molecular formula is C9H7Cl2NO3S. The standard InChI is InChI=1S/C9H7Cl2NO3S/c10-6-1-2-7(8(11)5-6)9-12-15-3-4-16(9,13)14/h1-2,5H,3-4H2. The zero-order valence-corrected chi connectivity index (χ0v) is 10.3. The Hall–Kier alpha value is -0.780. The second-order valence-electron chi connectivity index (χ2n) is 3.17. The smallest absolute Gasteiger partial charge is 0.203 e. The zero-order valence-electron chi connectivity index (χ0n) is 7.98. The van der Waals surface area contributed by atoms with Crippen LogP contribution in [0.3, 0.4) is 0 Å². The maximum Gasteiger partial charge on any atom is 0.203 e. The van der Waals surface area contributed by atoms with Crippen molar-refractivity contribution in [2.24, 2.45) is 5.16 Å². The SMILES string of the molecule is O=S1(=O)CCON=C1c1ccc(Cl)cc1Cl. The molecule has 86 valence electrons. The van der Waals surface area contributed by atoms with Gasteiger partial charge in [0.15, 0.2) is 0 Å². The minimum absolute atomic E-state index is 0.0665. The van der Waals surface area contributed by atoms with E-state index >= 15 is 0 Å². The van der Waals surface area contributed by atoms with Crippen LogP contribution in [0.25, 0.3) is 0 Å². The lowest BCUT2D eigenvalue weighted by Gasteiger charge is -2.13. The van der Waals surface area contributed by atoms with Gasteiger partial charge in [-0.2, -0.15) is 0 Å². The van der Waals surface area contributed by atoms with E-state index in [9.17, 15) is 8.42 Å². The van der Waals surface area contributed by atoms with Gasteiger partial charge < -0.3 is 4.84 Å². The predicted molar refractivity (Wildman–Crippen MR) is 62.7 cm³/mol. The Kier molecular flexibility index (Phi) is 3.10. The van der Waals surface area contributed by atoms with Crippen molar-refractivity contribution in [2.75, 3.05) is 12.4 Å². The Labute approximate surface area is 103 Å². The first-order valence-electron chi connectivity index (χ1n) is 4.39. The molecule has 7 heteroatoms. The molecule has 1 heterocycles. The highest BCUT2D eigenvalue weighted by atomic mass is 35.5. The minimum Gasteiger partial charge on any atom is -0.394 e. The molecule has 16 heavy (non-hydrogen) atoms. The van der Waals surface area contributed by atoms with Crippen LogP contribution in [0.4, 0.5) is 0 Å². The van der Waals surface area contributed by atoms with Gasteiger partial charge >= 0.3 is 0 Å². The Bertz CT molecular complexity index is 554. The number of hydrogen-bond donors (Lipinski definition) is 0. The summed E-state index contributed by atoms with van der Waals surface area (Å²) in [7, 11) is -3.41. The Morgan fingerprint density at radius 1 is 1.31 bits per heavy atom. The monoisotopic (exact) mass is 279 g/mol. The zero-order chi connectivity index (χ0) is 11.8. The summed E-state index contributed by atoms with van der Waals surface area (Å²) < 4.78 is 23.4. The molecule has 4 nitrogen and oxygen atoms in total. The van der Waals surface area contributed by atoms with E-state index in [1.165, 1.54) is 12.1 Å². The molecule has 0 atom stereocenters. The number of halogens is 2.